The first kappa shape index (κ1) is 22.7. The summed E-state index contributed by atoms with van der Waals surface area (Å²) in [5, 5.41) is 13.1. The molecule has 0 unspecified atom stereocenters. The third-order valence-corrected chi connectivity index (χ3v) is 6.34. The van der Waals surface area contributed by atoms with Gasteiger partial charge in [0.1, 0.15) is 0 Å². The van der Waals surface area contributed by atoms with E-state index < -0.39 is 0 Å². The zero-order valence-electron chi connectivity index (χ0n) is 19.4. The maximum atomic E-state index is 13.1. The van der Waals surface area contributed by atoms with Crippen LogP contribution in [0.25, 0.3) is 22.4 Å². The van der Waals surface area contributed by atoms with Gasteiger partial charge in [-0.05, 0) is 56.3 Å². The van der Waals surface area contributed by atoms with E-state index in [4.69, 9.17) is 4.42 Å². The Hall–Kier alpha value is -4.04. The zero-order valence-corrected chi connectivity index (χ0v) is 20.3. The Labute approximate surface area is 207 Å². The van der Waals surface area contributed by atoms with Crippen LogP contribution in [0.15, 0.2) is 94.7 Å². The van der Waals surface area contributed by atoms with E-state index in [0.717, 1.165) is 33.5 Å². The van der Waals surface area contributed by atoms with Crippen molar-refractivity contribution in [3.05, 3.63) is 85.1 Å². The van der Waals surface area contributed by atoms with Gasteiger partial charge in [0.15, 0.2) is 0 Å². The highest BCUT2D eigenvalue weighted by atomic mass is 32.2. The van der Waals surface area contributed by atoms with Gasteiger partial charge in [0.2, 0.25) is 5.91 Å². The van der Waals surface area contributed by atoms with Crippen molar-refractivity contribution in [2.75, 3.05) is 16.0 Å². The van der Waals surface area contributed by atoms with E-state index in [9.17, 15) is 4.79 Å². The van der Waals surface area contributed by atoms with Crippen LogP contribution >= 0.6 is 11.8 Å². The molecule has 0 fully saturated rings. The number of hydrogen-bond donors (Lipinski definition) is 2. The molecule has 8 heteroatoms. The summed E-state index contributed by atoms with van der Waals surface area (Å²) in [4.78, 5) is 18.1. The Balaban J connectivity index is 1.25. The topological polar surface area (TPSA) is 87.1 Å². The van der Waals surface area contributed by atoms with Gasteiger partial charge >= 0.3 is 0 Å². The van der Waals surface area contributed by atoms with Gasteiger partial charge in [-0.1, -0.05) is 48.2 Å². The number of aromatic nitrogens is 3. The molecule has 2 N–H and O–H groups in total. The minimum atomic E-state index is -0.0272. The molecule has 0 bridgehead atoms. The number of rotatable bonds is 8. The molecule has 0 saturated carbocycles. The van der Waals surface area contributed by atoms with Crippen LogP contribution in [0.2, 0.25) is 0 Å². The smallest absolute Gasteiger partial charge is 0.277 e. The van der Waals surface area contributed by atoms with Gasteiger partial charge in [-0.3, -0.25) is 4.79 Å². The van der Waals surface area contributed by atoms with Crippen LogP contribution < -0.4 is 10.2 Å². The third kappa shape index (κ3) is 5.07. The summed E-state index contributed by atoms with van der Waals surface area (Å²) in [5.41, 5.74) is 4.66. The molecule has 0 radical (unpaired) electrons. The first-order chi connectivity index (χ1) is 17.1. The Kier molecular flexibility index (Phi) is 6.54. The fraction of sp³-hybridized carbons (Fsp3) is 0.148. The predicted octanol–water partition coefficient (Wildman–Crippen LogP) is 6.50. The van der Waals surface area contributed by atoms with Crippen LogP contribution in [0, 0.1) is 0 Å². The summed E-state index contributed by atoms with van der Waals surface area (Å²) in [6.07, 6.45) is 1.86. The highest BCUT2D eigenvalue weighted by Gasteiger charge is 2.21. The SMILES string of the molecule is CC(C)N(C(=O)CSc1nnc(-c2c[nH]c3ccccc23)o1)c1ccc(Nc2ccccc2)cc1. The highest BCUT2D eigenvalue weighted by Crippen LogP contribution is 2.30. The average molecular weight is 484 g/mol. The fourth-order valence-corrected chi connectivity index (χ4v) is 4.56. The lowest BCUT2D eigenvalue weighted by Gasteiger charge is -2.27. The van der Waals surface area contributed by atoms with Crippen molar-refractivity contribution in [1.29, 1.82) is 0 Å². The Morgan fingerprint density at radius 1 is 0.971 bits per heavy atom. The molecule has 7 nitrogen and oxygen atoms in total. The largest absolute Gasteiger partial charge is 0.411 e. The zero-order chi connectivity index (χ0) is 24.2. The average Bonchev–Trinajstić information content (AvgIpc) is 3.51. The van der Waals surface area contributed by atoms with Crippen LogP contribution in [0.3, 0.4) is 0 Å². The highest BCUT2D eigenvalue weighted by molar-refractivity contribution is 7.99. The maximum Gasteiger partial charge on any atom is 0.277 e. The molecule has 2 aromatic heterocycles. The van der Waals surface area contributed by atoms with E-state index in [-0.39, 0.29) is 17.7 Å². The van der Waals surface area contributed by atoms with Crippen LogP contribution in [-0.4, -0.2) is 32.9 Å². The second kappa shape index (κ2) is 10.1. The number of H-pyrrole nitrogens is 1. The molecule has 35 heavy (non-hydrogen) atoms. The van der Waals surface area contributed by atoms with Crippen molar-refractivity contribution in [2.45, 2.75) is 25.1 Å². The minimum Gasteiger partial charge on any atom is -0.411 e. The van der Waals surface area contributed by atoms with Gasteiger partial charge in [0, 0.05) is 40.2 Å². The van der Waals surface area contributed by atoms with Gasteiger partial charge in [0.05, 0.1) is 11.3 Å². The monoisotopic (exact) mass is 483 g/mol. The van der Waals surface area contributed by atoms with Crippen molar-refractivity contribution in [3.63, 3.8) is 0 Å². The molecular formula is C27H25N5O2S. The number of amides is 1. The quantitative estimate of drug-likeness (QED) is 0.245. The van der Waals surface area contributed by atoms with Gasteiger partial charge in [-0.25, -0.2) is 0 Å². The number of anilines is 3. The van der Waals surface area contributed by atoms with Gasteiger partial charge < -0.3 is 19.6 Å². The second-order valence-corrected chi connectivity index (χ2v) is 9.23. The number of fused-ring (bicyclic) bond motifs is 1. The number of thioether (sulfide) groups is 1. The molecule has 0 saturated heterocycles. The molecule has 0 aliphatic heterocycles. The first-order valence-corrected chi connectivity index (χ1v) is 12.3. The maximum absolute atomic E-state index is 13.1. The molecule has 0 aliphatic carbocycles. The summed E-state index contributed by atoms with van der Waals surface area (Å²) < 4.78 is 5.85. The molecule has 0 spiro atoms. The molecule has 176 valence electrons. The number of para-hydroxylation sites is 2. The number of nitrogens with one attached hydrogen (secondary N) is 2. The number of aromatic amines is 1. The van der Waals surface area contributed by atoms with Crippen molar-refractivity contribution >= 4 is 45.6 Å². The Morgan fingerprint density at radius 3 is 2.46 bits per heavy atom. The molecule has 1 amide bonds. The van der Waals surface area contributed by atoms with Gasteiger partial charge in [-0.15, -0.1) is 10.2 Å². The van der Waals surface area contributed by atoms with Crippen LogP contribution in [0.1, 0.15) is 13.8 Å². The van der Waals surface area contributed by atoms with Crippen molar-refractivity contribution in [1.82, 2.24) is 15.2 Å². The van der Waals surface area contributed by atoms with E-state index in [2.05, 4.69) is 20.5 Å². The van der Waals surface area contributed by atoms with E-state index in [1.807, 2.05) is 98.9 Å². The summed E-state index contributed by atoms with van der Waals surface area (Å²) in [6, 6.07) is 25.8. The minimum absolute atomic E-state index is 0.000462. The standard InChI is InChI=1S/C27H25N5O2S/c1-18(2)32(21-14-12-20(13-15-21)29-19-8-4-3-5-9-19)25(33)17-35-27-31-30-26(34-27)23-16-28-24-11-7-6-10-22(23)24/h3-16,18,28-29H,17H2,1-2H3. The van der Waals surface area contributed by atoms with Crippen LogP contribution in [0.5, 0.6) is 0 Å². The Morgan fingerprint density at radius 2 is 1.69 bits per heavy atom. The number of carbonyl (C=O) groups is 1. The van der Waals surface area contributed by atoms with Crippen LogP contribution in [0.4, 0.5) is 17.1 Å². The molecule has 5 aromatic rings. The molecule has 0 aliphatic rings. The number of hydrogen-bond acceptors (Lipinski definition) is 6. The van der Waals surface area contributed by atoms with Gasteiger partial charge in [0.25, 0.3) is 11.1 Å². The molecule has 3 aromatic carbocycles. The lowest BCUT2D eigenvalue weighted by atomic mass is 10.2. The number of carbonyl (C=O) groups excluding carboxylic acids is 1. The van der Waals surface area contributed by atoms with E-state index in [1.54, 1.807) is 4.90 Å². The lowest BCUT2D eigenvalue weighted by Crippen LogP contribution is -2.38. The van der Waals surface area contributed by atoms with E-state index >= 15 is 0 Å². The van der Waals surface area contributed by atoms with Crippen molar-refractivity contribution in [2.24, 2.45) is 0 Å². The summed E-state index contributed by atoms with van der Waals surface area (Å²) in [7, 11) is 0. The number of benzene rings is 3. The van der Waals surface area contributed by atoms with E-state index in [1.165, 1.54) is 11.8 Å². The summed E-state index contributed by atoms with van der Waals surface area (Å²) in [6.45, 7) is 4.00. The molecule has 2 heterocycles. The molecular weight excluding hydrogens is 458 g/mol. The summed E-state index contributed by atoms with van der Waals surface area (Å²) in [5.74, 6) is 0.595. The lowest BCUT2D eigenvalue weighted by molar-refractivity contribution is -0.116. The van der Waals surface area contributed by atoms with Crippen molar-refractivity contribution < 1.29 is 9.21 Å². The Bertz CT molecular complexity index is 1430. The van der Waals surface area contributed by atoms with Crippen LogP contribution in [-0.2, 0) is 4.79 Å². The number of nitrogens with zero attached hydrogens (tertiary/aromatic N) is 3. The molecule has 0 atom stereocenters. The predicted molar refractivity (Wildman–Crippen MR) is 141 cm³/mol. The van der Waals surface area contributed by atoms with Gasteiger partial charge in [-0.2, -0.15) is 0 Å². The first-order valence-electron chi connectivity index (χ1n) is 11.4. The van der Waals surface area contributed by atoms with E-state index in [0.29, 0.717) is 11.1 Å². The summed E-state index contributed by atoms with van der Waals surface area (Å²) >= 11 is 1.24. The molecule has 5 rings (SSSR count). The normalized spacial score (nSPS) is 11.2. The second-order valence-electron chi connectivity index (χ2n) is 8.31. The third-order valence-electron chi connectivity index (χ3n) is 5.54. The fourth-order valence-electron chi connectivity index (χ4n) is 3.94. The van der Waals surface area contributed by atoms with Crippen molar-refractivity contribution in [3.8, 4) is 11.5 Å².